The van der Waals surface area contributed by atoms with Gasteiger partial charge < -0.3 is 15.6 Å². The minimum absolute atomic E-state index is 0.106. The number of aromatic amines is 1. The number of fused-ring (bicyclic) bond motifs is 1. The lowest BCUT2D eigenvalue weighted by Gasteiger charge is -2.30. The zero-order valence-electron chi connectivity index (χ0n) is 13.2. The standard InChI is InChI=1S/C14H20N6O3S/c1-24(22,23)13(9-2-5-15-6-3-9)20-14(21)19-11-8-17-12-10(18-11)4-7-16-12/h4,7-9,13,15H,2-3,5-6H2,1H3,(H,16,17)(H2,18,19,20,21). The molecule has 1 saturated heterocycles. The maximum atomic E-state index is 12.2. The second-order valence-electron chi connectivity index (χ2n) is 5.90. The van der Waals surface area contributed by atoms with Gasteiger partial charge in [0, 0.05) is 12.5 Å². The normalized spacial score (nSPS) is 17.5. The molecule has 130 valence electrons. The summed E-state index contributed by atoms with van der Waals surface area (Å²) in [4.78, 5) is 23.5. The van der Waals surface area contributed by atoms with Crippen LogP contribution in [0.5, 0.6) is 0 Å². The van der Waals surface area contributed by atoms with Crippen LogP contribution >= 0.6 is 0 Å². The molecule has 1 fully saturated rings. The Labute approximate surface area is 139 Å². The van der Waals surface area contributed by atoms with Gasteiger partial charge in [0.1, 0.15) is 10.9 Å². The van der Waals surface area contributed by atoms with E-state index in [1.165, 1.54) is 6.20 Å². The fourth-order valence-electron chi connectivity index (χ4n) is 2.89. The van der Waals surface area contributed by atoms with Gasteiger partial charge in [0.05, 0.1) is 6.20 Å². The fraction of sp³-hybridized carbons (Fsp3) is 0.500. The largest absolute Gasteiger partial charge is 0.345 e. The Bertz CT molecular complexity index is 828. The van der Waals surface area contributed by atoms with E-state index < -0.39 is 21.2 Å². The number of H-pyrrole nitrogens is 1. The van der Waals surface area contributed by atoms with Crippen molar-refractivity contribution in [2.45, 2.75) is 18.2 Å². The quantitative estimate of drug-likeness (QED) is 0.632. The van der Waals surface area contributed by atoms with Gasteiger partial charge >= 0.3 is 6.03 Å². The first-order valence-corrected chi connectivity index (χ1v) is 9.66. The smallest absolute Gasteiger partial charge is 0.321 e. The Morgan fingerprint density at radius 1 is 1.38 bits per heavy atom. The zero-order chi connectivity index (χ0) is 17.2. The molecule has 0 radical (unpaired) electrons. The Morgan fingerprint density at radius 2 is 2.12 bits per heavy atom. The Hall–Kier alpha value is -2.20. The average Bonchev–Trinajstić information content (AvgIpc) is 3.00. The van der Waals surface area contributed by atoms with E-state index in [0.717, 1.165) is 19.3 Å². The lowest BCUT2D eigenvalue weighted by Crippen LogP contribution is -2.49. The van der Waals surface area contributed by atoms with E-state index in [1.54, 1.807) is 12.3 Å². The molecule has 4 N–H and O–H groups in total. The number of rotatable bonds is 4. The number of anilines is 1. The molecule has 0 aliphatic carbocycles. The van der Waals surface area contributed by atoms with Crippen molar-refractivity contribution in [3.63, 3.8) is 0 Å². The number of nitrogens with zero attached hydrogens (tertiary/aromatic N) is 2. The number of hydrogen-bond acceptors (Lipinski definition) is 6. The highest BCUT2D eigenvalue weighted by Gasteiger charge is 2.32. The monoisotopic (exact) mass is 352 g/mol. The minimum atomic E-state index is -3.42. The number of piperidine rings is 1. The lowest BCUT2D eigenvalue weighted by molar-refractivity contribution is 0.244. The molecular formula is C14H20N6O3S. The van der Waals surface area contributed by atoms with Gasteiger partial charge in [-0.05, 0) is 37.9 Å². The number of amides is 2. The Kier molecular flexibility index (Phi) is 4.67. The second kappa shape index (κ2) is 6.73. The third-order valence-electron chi connectivity index (χ3n) is 4.05. The highest BCUT2D eigenvalue weighted by atomic mass is 32.2. The topological polar surface area (TPSA) is 129 Å². The minimum Gasteiger partial charge on any atom is -0.345 e. The molecule has 0 saturated carbocycles. The van der Waals surface area contributed by atoms with Crippen molar-refractivity contribution in [3.8, 4) is 0 Å². The SMILES string of the molecule is CS(=O)(=O)C(NC(=O)Nc1cnc2[nH]ccc2n1)C1CCNCC1. The van der Waals surface area contributed by atoms with E-state index >= 15 is 0 Å². The predicted molar refractivity (Wildman–Crippen MR) is 90.3 cm³/mol. The summed E-state index contributed by atoms with van der Waals surface area (Å²) >= 11 is 0. The van der Waals surface area contributed by atoms with Gasteiger partial charge in [-0.1, -0.05) is 0 Å². The first-order chi connectivity index (χ1) is 11.4. The van der Waals surface area contributed by atoms with Crippen LogP contribution in [0.25, 0.3) is 11.2 Å². The molecule has 3 heterocycles. The first kappa shape index (κ1) is 16.7. The van der Waals surface area contributed by atoms with Crippen LogP contribution in [0.4, 0.5) is 10.6 Å². The summed E-state index contributed by atoms with van der Waals surface area (Å²) in [5.41, 5.74) is 1.23. The van der Waals surface area contributed by atoms with Crippen molar-refractivity contribution in [2.24, 2.45) is 5.92 Å². The van der Waals surface area contributed by atoms with E-state index in [1.807, 2.05) is 0 Å². The first-order valence-electron chi connectivity index (χ1n) is 7.71. The van der Waals surface area contributed by atoms with Gasteiger partial charge in [-0.3, -0.25) is 5.32 Å². The van der Waals surface area contributed by atoms with Crippen molar-refractivity contribution in [3.05, 3.63) is 18.5 Å². The molecule has 0 aromatic carbocycles. The van der Waals surface area contributed by atoms with Crippen molar-refractivity contribution < 1.29 is 13.2 Å². The van der Waals surface area contributed by atoms with E-state index in [-0.39, 0.29) is 11.7 Å². The van der Waals surface area contributed by atoms with E-state index in [4.69, 9.17) is 0 Å². The van der Waals surface area contributed by atoms with Gasteiger partial charge in [-0.25, -0.2) is 23.2 Å². The van der Waals surface area contributed by atoms with Crippen LogP contribution in [-0.4, -0.2) is 54.1 Å². The zero-order valence-corrected chi connectivity index (χ0v) is 14.1. The third-order valence-corrected chi connectivity index (χ3v) is 5.47. The number of aromatic nitrogens is 3. The van der Waals surface area contributed by atoms with Gasteiger partial charge in [0.2, 0.25) is 0 Å². The number of hydrogen-bond donors (Lipinski definition) is 4. The number of sulfone groups is 1. The molecule has 2 amide bonds. The molecule has 10 heteroatoms. The highest BCUT2D eigenvalue weighted by Crippen LogP contribution is 2.20. The third kappa shape index (κ3) is 3.82. The van der Waals surface area contributed by atoms with Crippen LogP contribution in [0.1, 0.15) is 12.8 Å². The van der Waals surface area contributed by atoms with Gasteiger partial charge in [-0.2, -0.15) is 0 Å². The van der Waals surface area contributed by atoms with Crippen LogP contribution in [0.2, 0.25) is 0 Å². The van der Waals surface area contributed by atoms with Crippen molar-refractivity contribution in [2.75, 3.05) is 24.7 Å². The van der Waals surface area contributed by atoms with E-state index in [0.29, 0.717) is 24.0 Å². The molecule has 0 spiro atoms. The summed E-state index contributed by atoms with van der Waals surface area (Å²) in [7, 11) is -3.42. The lowest BCUT2D eigenvalue weighted by atomic mass is 9.98. The summed E-state index contributed by atoms with van der Waals surface area (Å²) in [6, 6.07) is 1.13. The predicted octanol–water partition coefficient (Wildman–Crippen LogP) is 0.450. The molecular weight excluding hydrogens is 332 g/mol. The van der Waals surface area contributed by atoms with E-state index in [2.05, 4.69) is 30.9 Å². The molecule has 3 rings (SSSR count). The van der Waals surface area contributed by atoms with E-state index in [9.17, 15) is 13.2 Å². The van der Waals surface area contributed by atoms with Crippen molar-refractivity contribution >= 4 is 32.9 Å². The van der Waals surface area contributed by atoms with Crippen LogP contribution < -0.4 is 16.0 Å². The van der Waals surface area contributed by atoms with Crippen LogP contribution in [0, 0.1) is 5.92 Å². The summed E-state index contributed by atoms with van der Waals surface area (Å²) in [5, 5.41) is 7.39. The molecule has 1 aliphatic rings. The van der Waals surface area contributed by atoms with Gasteiger partial charge in [0.15, 0.2) is 21.3 Å². The fourth-order valence-corrected chi connectivity index (χ4v) is 4.19. The summed E-state index contributed by atoms with van der Waals surface area (Å²) in [6.07, 6.45) is 5.66. The number of urea groups is 1. The summed E-state index contributed by atoms with van der Waals surface area (Å²) in [6.45, 7) is 1.49. The van der Waals surface area contributed by atoms with Crippen LogP contribution in [0.15, 0.2) is 18.5 Å². The van der Waals surface area contributed by atoms with Crippen LogP contribution in [0.3, 0.4) is 0 Å². The Balaban J connectivity index is 1.70. The maximum Gasteiger partial charge on any atom is 0.321 e. The Morgan fingerprint density at radius 3 is 2.83 bits per heavy atom. The summed E-state index contributed by atoms with van der Waals surface area (Å²) in [5.74, 6) is 0.155. The number of carbonyl (C=O) groups is 1. The number of carbonyl (C=O) groups excluding carboxylic acids is 1. The summed E-state index contributed by atoms with van der Waals surface area (Å²) < 4.78 is 24.1. The molecule has 2 aromatic rings. The molecule has 1 atom stereocenters. The number of nitrogens with one attached hydrogen (secondary N) is 4. The molecule has 1 aliphatic heterocycles. The van der Waals surface area contributed by atoms with Crippen molar-refractivity contribution in [1.29, 1.82) is 0 Å². The average molecular weight is 352 g/mol. The van der Waals surface area contributed by atoms with Gasteiger partial charge in [-0.15, -0.1) is 0 Å². The highest BCUT2D eigenvalue weighted by molar-refractivity contribution is 7.91. The molecule has 1 unspecified atom stereocenters. The van der Waals surface area contributed by atoms with Crippen LogP contribution in [-0.2, 0) is 9.84 Å². The van der Waals surface area contributed by atoms with Crippen molar-refractivity contribution in [1.82, 2.24) is 25.6 Å². The van der Waals surface area contributed by atoms with Gasteiger partial charge in [0.25, 0.3) is 0 Å². The molecule has 0 bridgehead atoms. The second-order valence-corrected chi connectivity index (χ2v) is 8.07. The maximum absolute atomic E-state index is 12.2. The molecule has 24 heavy (non-hydrogen) atoms. The molecule has 9 nitrogen and oxygen atoms in total. The molecule has 2 aromatic heterocycles.